The van der Waals surface area contributed by atoms with Crippen molar-refractivity contribution in [2.24, 2.45) is 5.73 Å². The van der Waals surface area contributed by atoms with E-state index < -0.39 is 0 Å². The number of hydrogen-bond donors (Lipinski definition) is 1. The summed E-state index contributed by atoms with van der Waals surface area (Å²) in [6.45, 7) is 0.661. The third-order valence-electron chi connectivity index (χ3n) is 2.23. The van der Waals surface area contributed by atoms with E-state index in [9.17, 15) is 4.79 Å². The van der Waals surface area contributed by atoms with Crippen molar-refractivity contribution < 1.29 is 4.79 Å². The van der Waals surface area contributed by atoms with Gasteiger partial charge in [0.05, 0.1) is 24.6 Å². The summed E-state index contributed by atoms with van der Waals surface area (Å²) in [6.07, 6.45) is 3.37. The van der Waals surface area contributed by atoms with Crippen molar-refractivity contribution in [3.05, 3.63) is 29.6 Å². The predicted molar refractivity (Wildman–Crippen MR) is 67.4 cm³/mol. The predicted octanol–water partition coefficient (Wildman–Crippen LogP) is 0.377. The van der Waals surface area contributed by atoms with E-state index >= 15 is 0 Å². The van der Waals surface area contributed by atoms with E-state index in [1.165, 1.54) is 11.1 Å². The lowest BCUT2D eigenvalue weighted by Crippen LogP contribution is -2.27. The lowest BCUT2D eigenvalue weighted by molar-refractivity contribution is 0.0797. The minimum atomic E-state index is -0.172. The van der Waals surface area contributed by atoms with Gasteiger partial charge in [-0.25, -0.2) is 0 Å². The minimum Gasteiger partial charge on any atom is -0.341 e. The van der Waals surface area contributed by atoms with Crippen molar-refractivity contribution in [1.29, 1.82) is 5.26 Å². The van der Waals surface area contributed by atoms with Crippen LogP contribution in [0.25, 0.3) is 0 Å². The number of aromatic nitrogens is 1. The van der Waals surface area contributed by atoms with Crippen LogP contribution in [-0.4, -0.2) is 35.9 Å². The van der Waals surface area contributed by atoms with Crippen LogP contribution in [0, 0.1) is 23.2 Å². The molecule has 0 spiro atoms. The normalized spacial score (nSPS) is 8.94. The summed E-state index contributed by atoms with van der Waals surface area (Å²) in [5.41, 5.74) is 6.39. The van der Waals surface area contributed by atoms with Crippen molar-refractivity contribution in [1.82, 2.24) is 9.88 Å². The van der Waals surface area contributed by atoms with Crippen LogP contribution < -0.4 is 5.73 Å². The van der Waals surface area contributed by atoms with Crippen LogP contribution in [0.2, 0.25) is 0 Å². The molecule has 1 aromatic heterocycles. The zero-order valence-corrected chi connectivity index (χ0v) is 10.2. The zero-order chi connectivity index (χ0) is 13.4. The molecule has 1 amide bonds. The maximum absolute atomic E-state index is 12.0. The number of amides is 1. The molecule has 0 atom stereocenters. The van der Waals surface area contributed by atoms with Gasteiger partial charge in [0.1, 0.15) is 0 Å². The molecule has 1 heterocycles. The Labute approximate surface area is 106 Å². The van der Waals surface area contributed by atoms with Crippen molar-refractivity contribution in [3.63, 3.8) is 0 Å². The highest BCUT2D eigenvalue weighted by atomic mass is 16.2. The van der Waals surface area contributed by atoms with Crippen molar-refractivity contribution in [2.75, 3.05) is 20.1 Å². The smallest absolute Gasteiger partial charge is 0.255 e. The number of nitrogens with zero attached hydrogens (tertiary/aromatic N) is 3. The van der Waals surface area contributed by atoms with Crippen LogP contribution in [0.15, 0.2) is 18.5 Å². The number of nitriles is 1. The quantitative estimate of drug-likeness (QED) is 0.776. The lowest BCUT2D eigenvalue weighted by Gasteiger charge is -2.15. The lowest BCUT2D eigenvalue weighted by atomic mass is 10.2. The van der Waals surface area contributed by atoms with Gasteiger partial charge in [0.25, 0.3) is 5.91 Å². The van der Waals surface area contributed by atoms with E-state index in [2.05, 4.69) is 16.8 Å². The summed E-state index contributed by atoms with van der Waals surface area (Å²) in [5, 5.41) is 8.48. The molecule has 18 heavy (non-hydrogen) atoms. The molecule has 0 radical (unpaired) electrons. The van der Waals surface area contributed by atoms with Crippen molar-refractivity contribution in [2.45, 2.75) is 6.42 Å². The van der Waals surface area contributed by atoms with E-state index in [4.69, 9.17) is 11.0 Å². The Balaban J connectivity index is 2.83. The molecule has 92 valence electrons. The Morgan fingerprint density at radius 1 is 1.56 bits per heavy atom. The van der Waals surface area contributed by atoms with Crippen LogP contribution in [0.4, 0.5) is 0 Å². The molecule has 0 saturated carbocycles. The Kier molecular flexibility index (Phi) is 5.37. The average molecular weight is 242 g/mol. The summed E-state index contributed by atoms with van der Waals surface area (Å²) in [4.78, 5) is 17.4. The van der Waals surface area contributed by atoms with Gasteiger partial charge in [-0.2, -0.15) is 5.26 Å². The second-order valence-electron chi connectivity index (χ2n) is 3.60. The number of carbonyl (C=O) groups excluding carboxylic acids is 1. The molecular formula is C13H14N4O. The average Bonchev–Trinajstić information content (AvgIpc) is 2.42. The van der Waals surface area contributed by atoms with E-state index in [1.807, 2.05) is 6.07 Å². The Bertz CT molecular complexity index is 522. The molecular weight excluding hydrogens is 228 g/mol. The van der Waals surface area contributed by atoms with Crippen LogP contribution in [0.1, 0.15) is 22.3 Å². The van der Waals surface area contributed by atoms with E-state index in [0.717, 1.165) is 0 Å². The largest absolute Gasteiger partial charge is 0.341 e. The molecule has 0 bridgehead atoms. The first kappa shape index (κ1) is 13.7. The van der Waals surface area contributed by atoms with Gasteiger partial charge in [0.15, 0.2) is 0 Å². The summed E-state index contributed by atoms with van der Waals surface area (Å²) in [5.74, 6) is 5.35. The fourth-order valence-electron chi connectivity index (χ4n) is 1.32. The first-order chi connectivity index (χ1) is 8.69. The SMILES string of the molecule is CN(CCC#N)C(=O)c1cncc(C#CCN)c1. The minimum absolute atomic E-state index is 0.172. The van der Waals surface area contributed by atoms with Crippen molar-refractivity contribution in [3.8, 4) is 17.9 Å². The molecule has 0 aromatic carbocycles. The molecule has 0 unspecified atom stereocenters. The van der Waals surface area contributed by atoms with Gasteiger partial charge in [-0.3, -0.25) is 9.78 Å². The zero-order valence-electron chi connectivity index (χ0n) is 10.2. The van der Waals surface area contributed by atoms with E-state index in [1.54, 1.807) is 19.3 Å². The van der Waals surface area contributed by atoms with Gasteiger partial charge in [0, 0.05) is 31.5 Å². The van der Waals surface area contributed by atoms with E-state index in [0.29, 0.717) is 24.1 Å². The molecule has 5 heteroatoms. The Hall–Kier alpha value is -2.37. The Morgan fingerprint density at radius 2 is 2.33 bits per heavy atom. The van der Waals surface area contributed by atoms with Crippen LogP contribution in [0.3, 0.4) is 0 Å². The number of hydrogen-bond acceptors (Lipinski definition) is 4. The highest BCUT2D eigenvalue weighted by Gasteiger charge is 2.11. The first-order valence-corrected chi connectivity index (χ1v) is 5.45. The van der Waals surface area contributed by atoms with E-state index in [-0.39, 0.29) is 12.5 Å². The number of nitrogens with two attached hydrogens (primary N) is 1. The second-order valence-corrected chi connectivity index (χ2v) is 3.60. The molecule has 0 aliphatic carbocycles. The number of rotatable bonds is 3. The summed E-state index contributed by atoms with van der Waals surface area (Å²) in [7, 11) is 1.65. The van der Waals surface area contributed by atoms with Crippen LogP contribution in [0.5, 0.6) is 0 Å². The fraction of sp³-hybridized carbons (Fsp3) is 0.308. The Morgan fingerprint density at radius 3 is 3.00 bits per heavy atom. The molecule has 0 aliphatic rings. The topological polar surface area (TPSA) is 83.0 Å². The highest BCUT2D eigenvalue weighted by molar-refractivity contribution is 5.94. The molecule has 0 fully saturated rings. The van der Waals surface area contributed by atoms with Gasteiger partial charge < -0.3 is 10.6 Å². The third kappa shape index (κ3) is 3.89. The molecule has 5 nitrogen and oxygen atoms in total. The van der Waals surface area contributed by atoms with Crippen LogP contribution >= 0.6 is 0 Å². The number of pyridine rings is 1. The fourth-order valence-corrected chi connectivity index (χ4v) is 1.32. The second kappa shape index (κ2) is 7.05. The first-order valence-electron chi connectivity index (χ1n) is 5.45. The molecule has 1 rings (SSSR count). The van der Waals surface area contributed by atoms with Gasteiger partial charge in [-0.15, -0.1) is 0 Å². The monoisotopic (exact) mass is 242 g/mol. The third-order valence-corrected chi connectivity index (χ3v) is 2.23. The maximum atomic E-state index is 12.0. The molecule has 0 aliphatic heterocycles. The molecule has 1 aromatic rings. The van der Waals surface area contributed by atoms with Gasteiger partial charge in [-0.1, -0.05) is 11.8 Å². The molecule has 2 N–H and O–H groups in total. The highest BCUT2D eigenvalue weighted by Crippen LogP contribution is 2.05. The van der Waals surface area contributed by atoms with Crippen LogP contribution in [-0.2, 0) is 0 Å². The summed E-state index contributed by atoms with van der Waals surface area (Å²) >= 11 is 0. The van der Waals surface area contributed by atoms with Gasteiger partial charge >= 0.3 is 0 Å². The summed E-state index contributed by atoms with van der Waals surface area (Å²) < 4.78 is 0. The molecule has 0 saturated heterocycles. The maximum Gasteiger partial charge on any atom is 0.255 e. The van der Waals surface area contributed by atoms with Gasteiger partial charge in [0.2, 0.25) is 0 Å². The summed E-state index contributed by atoms with van der Waals surface area (Å²) in [6, 6.07) is 3.67. The van der Waals surface area contributed by atoms with Crippen molar-refractivity contribution >= 4 is 5.91 Å². The number of carbonyl (C=O) groups is 1. The standard InChI is InChI=1S/C13H14N4O/c1-17(7-3-6-15)13(18)12-8-11(4-2-5-14)9-16-10-12/h8-10H,3,5,7,14H2,1H3. The van der Waals surface area contributed by atoms with Gasteiger partial charge in [-0.05, 0) is 6.07 Å².